The third-order valence-electron chi connectivity index (χ3n) is 2.48. The predicted molar refractivity (Wildman–Crippen MR) is 67.6 cm³/mol. The minimum absolute atomic E-state index is 0.114. The van der Waals surface area contributed by atoms with Crippen molar-refractivity contribution in [3.05, 3.63) is 34.6 Å². The number of benzene rings is 1. The lowest BCUT2D eigenvalue weighted by Gasteiger charge is -2.09. The van der Waals surface area contributed by atoms with Crippen molar-refractivity contribution in [1.82, 2.24) is 14.8 Å². The number of aromatic nitrogens is 3. The second kappa shape index (κ2) is 4.97. The van der Waals surface area contributed by atoms with E-state index in [0.29, 0.717) is 23.1 Å². The predicted octanol–water partition coefficient (Wildman–Crippen LogP) is 3.54. The third-order valence-corrected chi connectivity index (χ3v) is 2.79. The first kappa shape index (κ1) is 12.9. The molecule has 0 aliphatic heterocycles. The summed E-state index contributed by atoms with van der Waals surface area (Å²) in [5.74, 6) is -0.373. The van der Waals surface area contributed by atoms with Crippen LogP contribution in [0.3, 0.4) is 0 Å². The normalized spacial score (nSPS) is 11.2. The van der Waals surface area contributed by atoms with E-state index in [9.17, 15) is 8.78 Å². The molecule has 1 aromatic heterocycles. The summed E-state index contributed by atoms with van der Waals surface area (Å²) in [5.41, 5.74) is 0.114. The summed E-state index contributed by atoms with van der Waals surface area (Å²) in [6.07, 6.45) is 0. The van der Waals surface area contributed by atoms with E-state index >= 15 is 0 Å². The Morgan fingerprint density at radius 1 is 1.39 bits per heavy atom. The number of H-pyrrole nitrogens is 1. The monoisotopic (exact) mass is 269 g/mol. The molecule has 1 heterocycles. The van der Waals surface area contributed by atoms with Gasteiger partial charge in [0.25, 0.3) is 0 Å². The average molecular weight is 269 g/mol. The van der Waals surface area contributed by atoms with E-state index in [-0.39, 0.29) is 5.56 Å². The van der Waals surface area contributed by atoms with Crippen molar-refractivity contribution in [2.45, 2.75) is 20.4 Å². The van der Waals surface area contributed by atoms with Crippen LogP contribution in [0, 0.1) is 22.3 Å². The molecule has 18 heavy (non-hydrogen) atoms. The second-order valence-corrected chi connectivity index (χ2v) is 4.87. The zero-order chi connectivity index (χ0) is 13.3. The van der Waals surface area contributed by atoms with Gasteiger partial charge in [-0.05, 0) is 36.3 Å². The molecular formula is C12H13F2N3S. The van der Waals surface area contributed by atoms with Crippen molar-refractivity contribution in [2.24, 2.45) is 5.92 Å². The zero-order valence-electron chi connectivity index (χ0n) is 10.1. The van der Waals surface area contributed by atoms with Crippen LogP contribution in [-0.2, 0) is 6.54 Å². The lowest BCUT2D eigenvalue weighted by molar-refractivity contribution is 0.519. The van der Waals surface area contributed by atoms with E-state index < -0.39 is 11.6 Å². The van der Waals surface area contributed by atoms with Crippen molar-refractivity contribution in [1.29, 1.82) is 0 Å². The highest BCUT2D eigenvalue weighted by molar-refractivity contribution is 7.71. The van der Waals surface area contributed by atoms with Gasteiger partial charge in [-0.1, -0.05) is 13.8 Å². The standard InChI is InChI=1S/C12H13F2N3S/c1-7(2)6-17-11(15-16-12(17)18)9-5-8(13)3-4-10(9)14/h3-5,7H,6H2,1-2H3,(H,16,18). The number of halogens is 2. The first-order valence-corrected chi connectivity index (χ1v) is 6.00. The smallest absolute Gasteiger partial charge is 0.195 e. The molecule has 1 N–H and O–H groups in total. The first-order valence-electron chi connectivity index (χ1n) is 5.59. The maximum Gasteiger partial charge on any atom is 0.195 e. The van der Waals surface area contributed by atoms with Crippen LogP contribution in [0.5, 0.6) is 0 Å². The summed E-state index contributed by atoms with van der Waals surface area (Å²) in [6.45, 7) is 4.63. The Kier molecular flexibility index (Phi) is 3.56. The van der Waals surface area contributed by atoms with E-state index in [1.165, 1.54) is 0 Å². The molecule has 2 aromatic rings. The molecule has 96 valence electrons. The number of aromatic amines is 1. The lowest BCUT2D eigenvalue weighted by atomic mass is 10.1. The minimum Gasteiger partial charge on any atom is -0.300 e. The highest BCUT2D eigenvalue weighted by Crippen LogP contribution is 2.22. The van der Waals surface area contributed by atoms with Gasteiger partial charge in [-0.15, -0.1) is 0 Å². The fourth-order valence-electron chi connectivity index (χ4n) is 1.73. The molecular weight excluding hydrogens is 256 g/mol. The Balaban J connectivity index is 2.57. The van der Waals surface area contributed by atoms with E-state index in [0.717, 1.165) is 18.2 Å². The van der Waals surface area contributed by atoms with E-state index in [4.69, 9.17) is 12.2 Å². The highest BCUT2D eigenvalue weighted by atomic mass is 32.1. The molecule has 0 aliphatic carbocycles. The molecule has 0 aliphatic rings. The Morgan fingerprint density at radius 3 is 2.78 bits per heavy atom. The quantitative estimate of drug-likeness (QED) is 0.865. The maximum atomic E-state index is 13.7. The molecule has 0 atom stereocenters. The molecule has 0 saturated carbocycles. The molecule has 0 unspecified atom stereocenters. The number of rotatable bonds is 3. The van der Waals surface area contributed by atoms with Gasteiger partial charge >= 0.3 is 0 Å². The lowest BCUT2D eigenvalue weighted by Crippen LogP contribution is -2.07. The number of hydrogen-bond donors (Lipinski definition) is 1. The zero-order valence-corrected chi connectivity index (χ0v) is 10.9. The fourth-order valence-corrected chi connectivity index (χ4v) is 1.93. The van der Waals surface area contributed by atoms with Crippen LogP contribution >= 0.6 is 12.2 Å². The van der Waals surface area contributed by atoms with Crippen LogP contribution in [-0.4, -0.2) is 14.8 Å². The Bertz CT molecular complexity index is 616. The molecule has 0 amide bonds. The summed E-state index contributed by atoms with van der Waals surface area (Å²) in [7, 11) is 0. The average Bonchev–Trinajstić information content (AvgIpc) is 2.64. The van der Waals surface area contributed by atoms with Crippen molar-refractivity contribution in [3.8, 4) is 11.4 Å². The molecule has 0 saturated heterocycles. The number of nitrogens with one attached hydrogen (secondary N) is 1. The Morgan fingerprint density at radius 2 is 2.11 bits per heavy atom. The highest BCUT2D eigenvalue weighted by Gasteiger charge is 2.14. The summed E-state index contributed by atoms with van der Waals surface area (Å²) >= 11 is 5.10. The topological polar surface area (TPSA) is 33.6 Å². The molecule has 0 radical (unpaired) electrons. The molecule has 1 aromatic carbocycles. The van der Waals surface area contributed by atoms with Crippen LogP contribution in [0.4, 0.5) is 8.78 Å². The van der Waals surface area contributed by atoms with Gasteiger partial charge in [0.1, 0.15) is 11.6 Å². The van der Waals surface area contributed by atoms with Crippen molar-refractivity contribution in [2.75, 3.05) is 0 Å². The van der Waals surface area contributed by atoms with Crippen LogP contribution < -0.4 is 0 Å². The van der Waals surface area contributed by atoms with Gasteiger partial charge in [-0.2, -0.15) is 5.10 Å². The van der Waals surface area contributed by atoms with Crippen LogP contribution in [0.1, 0.15) is 13.8 Å². The van der Waals surface area contributed by atoms with Gasteiger partial charge < -0.3 is 0 Å². The van der Waals surface area contributed by atoms with E-state index in [1.807, 2.05) is 13.8 Å². The van der Waals surface area contributed by atoms with Crippen molar-refractivity contribution < 1.29 is 8.78 Å². The fraction of sp³-hybridized carbons (Fsp3) is 0.333. The van der Waals surface area contributed by atoms with Gasteiger partial charge in [0.05, 0.1) is 5.56 Å². The summed E-state index contributed by atoms with van der Waals surface area (Å²) in [6, 6.07) is 3.28. The molecule has 0 bridgehead atoms. The molecule has 0 spiro atoms. The molecule has 2 rings (SSSR count). The Labute approximate surface area is 108 Å². The summed E-state index contributed by atoms with van der Waals surface area (Å²) < 4.78 is 29.0. The maximum absolute atomic E-state index is 13.7. The SMILES string of the molecule is CC(C)Cn1c(-c2cc(F)ccc2F)n[nH]c1=S. The minimum atomic E-state index is -0.518. The van der Waals surface area contributed by atoms with Gasteiger partial charge in [-0.25, -0.2) is 8.78 Å². The molecule has 0 fully saturated rings. The van der Waals surface area contributed by atoms with Gasteiger partial charge in [0.15, 0.2) is 10.6 Å². The first-order chi connectivity index (χ1) is 8.49. The summed E-state index contributed by atoms with van der Waals surface area (Å²) in [5, 5.41) is 6.59. The van der Waals surface area contributed by atoms with Crippen LogP contribution in [0.2, 0.25) is 0 Å². The van der Waals surface area contributed by atoms with Gasteiger partial charge in [-0.3, -0.25) is 9.67 Å². The number of nitrogens with zero attached hydrogens (tertiary/aromatic N) is 2. The Hall–Kier alpha value is -1.56. The number of hydrogen-bond acceptors (Lipinski definition) is 2. The molecule has 6 heteroatoms. The second-order valence-electron chi connectivity index (χ2n) is 4.48. The van der Waals surface area contributed by atoms with Gasteiger partial charge in [0, 0.05) is 6.54 Å². The van der Waals surface area contributed by atoms with Crippen molar-refractivity contribution >= 4 is 12.2 Å². The van der Waals surface area contributed by atoms with Gasteiger partial charge in [0.2, 0.25) is 0 Å². The third kappa shape index (κ3) is 2.48. The van der Waals surface area contributed by atoms with E-state index in [2.05, 4.69) is 10.2 Å². The van der Waals surface area contributed by atoms with E-state index in [1.54, 1.807) is 4.57 Å². The van der Waals surface area contributed by atoms with Crippen molar-refractivity contribution in [3.63, 3.8) is 0 Å². The van der Waals surface area contributed by atoms with Crippen LogP contribution in [0.15, 0.2) is 18.2 Å². The molecule has 3 nitrogen and oxygen atoms in total. The summed E-state index contributed by atoms with van der Waals surface area (Å²) in [4.78, 5) is 0. The van der Waals surface area contributed by atoms with Crippen LogP contribution in [0.25, 0.3) is 11.4 Å². The largest absolute Gasteiger partial charge is 0.300 e.